The monoisotopic (exact) mass is 368 g/mol. The van der Waals surface area contributed by atoms with Crippen molar-refractivity contribution in [1.29, 1.82) is 0 Å². The molecule has 0 saturated heterocycles. The topological polar surface area (TPSA) is 105 Å². The average Bonchev–Trinajstić information content (AvgIpc) is 3.07. The van der Waals surface area contributed by atoms with E-state index in [0.717, 1.165) is 38.5 Å². The molecule has 2 amide bonds. The van der Waals surface area contributed by atoms with E-state index in [2.05, 4.69) is 10.6 Å². The molecule has 4 atom stereocenters. The first kappa shape index (κ1) is 20.5. The van der Waals surface area contributed by atoms with Crippen LogP contribution in [0.15, 0.2) is 0 Å². The summed E-state index contributed by atoms with van der Waals surface area (Å²) in [5.74, 6) is -0.735. The predicted octanol–water partition coefficient (Wildman–Crippen LogP) is 2.83. The van der Waals surface area contributed by atoms with Gasteiger partial charge in [0.1, 0.15) is 5.60 Å². The molecule has 26 heavy (non-hydrogen) atoms. The lowest BCUT2D eigenvalue weighted by atomic mass is 9.97. The van der Waals surface area contributed by atoms with Crippen molar-refractivity contribution in [3.05, 3.63) is 0 Å². The first-order chi connectivity index (χ1) is 12.1. The number of carbonyl (C=O) groups excluding carboxylic acids is 2. The highest BCUT2D eigenvalue weighted by atomic mass is 16.6. The minimum atomic E-state index is -0.812. The van der Waals surface area contributed by atoms with Crippen molar-refractivity contribution in [1.82, 2.24) is 10.6 Å². The van der Waals surface area contributed by atoms with Gasteiger partial charge in [-0.1, -0.05) is 12.8 Å². The highest BCUT2D eigenvalue weighted by molar-refractivity contribution is 5.77. The van der Waals surface area contributed by atoms with Crippen LogP contribution in [0.25, 0.3) is 0 Å². The van der Waals surface area contributed by atoms with Crippen LogP contribution in [0.2, 0.25) is 0 Å². The van der Waals surface area contributed by atoms with E-state index in [0.29, 0.717) is 6.42 Å². The van der Waals surface area contributed by atoms with Crippen LogP contribution in [0, 0.1) is 11.8 Å². The fourth-order valence-corrected chi connectivity index (χ4v) is 4.13. The van der Waals surface area contributed by atoms with Gasteiger partial charge in [-0.2, -0.15) is 0 Å². The van der Waals surface area contributed by atoms with Gasteiger partial charge in [-0.15, -0.1) is 0 Å². The Kier molecular flexibility index (Phi) is 6.89. The molecule has 0 spiro atoms. The fourth-order valence-electron chi connectivity index (χ4n) is 4.13. The number of nitrogens with one attached hydrogen (secondary N) is 2. The summed E-state index contributed by atoms with van der Waals surface area (Å²) in [4.78, 5) is 35.4. The van der Waals surface area contributed by atoms with Crippen molar-refractivity contribution < 1.29 is 24.2 Å². The van der Waals surface area contributed by atoms with E-state index in [1.165, 1.54) is 0 Å². The molecule has 0 aromatic carbocycles. The summed E-state index contributed by atoms with van der Waals surface area (Å²) in [7, 11) is 0. The number of ether oxygens (including phenoxy) is 1. The molecule has 7 nitrogen and oxygen atoms in total. The van der Waals surface area contributed by atoms with E-state index in [1.54, 1.807) is 0 Å². The van der Waals surface area contributed by atoms with Crippen molar-refractivity contribution in [2.24, 2.45) is 11.8 Å². The van der Waals surface area contributed by atoms with E-state index < -0.39 is 17.7 Å². The molecule has 2 rings (SSSR count). The third kappa shape index (κ3) is 6.50. The van der Waals surface area contributed by atoms with Crippen molar-refractivity contribution in [3.63, 3.8) is 0 Å². The molecule has 0 bridgehead atoms. The number of aliphatic carboxylic acids is 1. The second-order valence-electron chi connectivity index (χ2n) is 8.61. The van der Waals surface area contributed by atoms with Crippen LogP contribution >= 0.6 is 0 Å². The number of hydrogen-bond acceptors (Lipinski definition) is 4. The van der Waals surface area contributed by atoms with Crippen LogP contribution in [0.4, 0.5) is 4.79 Å². The van der Waals surface area contributed by atoms with Crippen LogP contribution < -0.4 is 10.6 Å². The summed E-state index contributed by atoms with van der Waals surface area (Å²) >= 11 is 0. The van der Waals surface area contributed by atoms with Gasteiger partial charge >= 0.3 is 12.1 Å². The molecule has 2 aliphatic carbocycles. The lowest BCUT2D eigenvalue weighted by molar-refractivity contribution is -0.138. The normalized spacial score (nSPS) is 28.6. The molecule has 2 fully saturated rings. The first-order valence-electron chi connectivity index (χ1n) is 9.64. The Balaban J connectivity index is 1.81. The van der Waals surface area contributed by atoms with Gasteiger partial charge in [0.25, 0.3) is 0 Å². The minimum absolute atomic E-state index is 0.0238. The van der Waals surface area contributed by atoms with Gasteiger partial charge in [0, 0.05) is 18.5 Å². The highest BCUT2D eigenvalue weighted by Crippen LogP contribution is 2.31. The van der Waals surface area contributed by atoms with Gasteiger partial charge in [0.05, 0.1) is 6.42 Å². The molecule has 0 aliphatic heterocycles. The number of rotatable bonds is 6. The minimum Gasteiger partial charge on any atom is -0.481 e. The SMILES string of the molecule is CC(C)(C)OC(=O)N[C@H]1CCC[C@@H]1CC(=O)N[C@H]1CCC[C@@H]1CC(=O)O. The zero-order valence-corrected chi connectivity index (χ0v) is 16.0. The van der Waals surface area contributed by atoms with E-state index in [-0.39, 0.29) is 36.2 Å². The molecule has 7 heteroatoms. The Labute approximate surface area is 155 Å². The van der Waals surface area contributed by atoms with Crippen molar-refractivity contribution in [2.45, 2.75) is 89.8 Å². The van der Waals surface area contributed by atoms with Gasteiger partial charge in [-0.3, -0.25) is 9.59 Å². The Hall–Kier alpha value is -1.79. The number of carboxylic acids is 1. The molecule has 2 aliphatic rings. The Bertz CT molecular complexity index is 529. The largest absolute Gasteiger partial charge is 0.481 e. The fraction of sp³-hybridized carbons (Fsp3) is 0.842. The molecule has 0 aromatic rings. The maximum atomic E-state index is 12.4. The van der Waals surface area contributed by atoms with Crippen molar-refractivity contribution in [3.8, 4) is 0 Å². The second-order valence-corrected chi connectivity index (χ2v) is 8.61. The average molecular weight is 368 g/mol. The van der Waals surface area contributed by atoms with E-state index >= 15 is 0 Å². The maximum Gasteiger partial charge on any atom is 0.407 e. The number of carbonyl (C=O) groups is 3. The molecule has 0 radical (unpaired) electrons. The summed E-state index contributed by atoms with van der Waals surface area (Å²) < 4.78 is 5.31. The van der Waals surface area contributed by atoms with E-state index in [4.69, 9.17) is 9.84 Å². The highest BCUT2D eigenvalue weighted by Gasteiger charge is 2.34. The molecule has 148 valence electrons. The molecule has 0 aromatic heterocycles. The summed E-state index contributed by atoms with van der Waals surface area (Å²) in [5.41, 5.74) is -0.544. The third-order valence-corrected chi connectivity index (χ3v) is 5.25. The first-order valence-corrected chi connectivity index (χ1v) is 9.64. The number of hydrogen-bond donors (Lipinski definition) is 3. The van der Waals surface area contributed by atoms with Gasteiger partial charge in [0.15, 0.2) is 0 Å². The summed E-state index contributed by atoms with van der Waals surface area (Å²) in [6.07, 6.45) is 5.40. The second kappa shape index (κ2) is 8.73. The molecular weight excluding hydrogens is 336 g/mol. The quantitative estimate of drug-likeness (QED) is 0.669. The number of amides is 2. The third-order valence-electron chi connectivity index (χ3n) is 5.25. The molecular formula is C19H32N2O5. The van der Waals surface area contributed by atoms with Crippen molar-refractivity contribution in [2.75, 3.05) is 0 Å². The van der Waals surface area contributed by atoms with Crippen molar-refractivity contribution >= 4 is 18.0 Å². The summed E-state index contributed by atoms with van der Waals surface area (Å²) in [6, 6.07) is -0.0914. The molecule has 0 heterocycles. The predicted molar refractivity (Wildman–Crippen MR) is 96.6 cm³/mol. The Morgan fingerprint density at radius 3 is 2.00 bits per heavy atom. The standard InChI is InChI=1S/C19H32N2O5/c1-19(2,3)26-18(25)21-15-9-4-6-12(15)10-16(22)20-14-8-5-7-13(14)11-17(23)24/h12-15H,4-11H2,1-3H3,(H,20,22)(H,21,25)(H,23,24)/t12-,13-,14+,15+/m1/s1. The van der Waals surface area contributed by atoms with Gasteiger partial charge in [0.2, 0.25) is 5.91 Å². The number of alkyl carbamates (subject to hydrolysis) is 1. The number of carboxylic acid groups (broad SMARTS) is 1. The van der Waals surface area contributed by atoms with E-state index in [9.17, 15) is 14.4 Å². The van der Waals surface area contributed by atoms with Gasteiger partial charge < -0.3 is 20.5 Å². The molecule has 3 N–H and O–H groups in total. The Morgan fingerprint density at radius 2 is 1.46 bits per heavy atom. The Morgan fingerprint density at radius 1 is 0.923 bits per heavy atom. The lowest BCUT2D eigenvalue weighted by Gasteiger charge is -2.25. The van der Waals surface area contributed by atoms with E-state index in [1.807, 2.05) is 20.8 Å². The zero-order chi connectivity index (χ0) is 19.3. The summed E-state index contributed by atoms with van der Waals surface area (Å²) in [6.45, 7) is 5.46. The summed E-state index contributed by atoms with van der Waals surface area (Å²) in [5, 5.41) is 14.9. The van der Waals surface area contributed by atoms with Gasteiger partial charge in [-0.25, -0.2) is 4.79 Å². The van der Waals surface area contributed by atoms with Crippen LogP contribution in [0.5, 0.6) is 0 Å². The molecule has 0 unspecified atom stereocenters. The van der Waals surface area contributed by atoms with Crippen LogP contribution in [-0.4, -0.2) is 40.8 Å². The van der Waals surface area contributed by atoms with Crippen LogP contribution in [0.3, 0.4) is 0 Å². The van der Waals surface area contributed by atoms with Crippen LogP contribution in [0.1, 0.15) is 72.1 Å². The maximum absolute atomic E-state index is 12.4. The lowest BCUT2D eigenvalue weighted by Crippen LogP contribution is -2.43. The van der Waals surface area contributed by atoms with Crippen LogP contribution in [-0.2, 0) is 14.3 Å². The smallest absolute Gasteiger partial charge is 0.407 e. The zero-order valence-electron chi connectivity index (χ0n) is 16.0. The molecule has 2 saturated carbocycles. The van der Waals surface area contributed by atoms with Gasteiger partial charge in [-0.05, 0) is 58.3 Å².